The molecule has 0 fully saturated rings. The summed E-state index contributed by atoms with van der Waals surface area (Å²) in [5.41, 5.74) is 0. The van der Waals surface area contributed by atoms with E-state index in [4.69, 9.17) is 0 Å². The summed E-state index contributed by atoms with van der Waals surface area (Å²) in [6, 6.07) is 0. The van der Waals surface area contributed by atoms with Gasteiger partial charge in [0.2, 0.25) is 0 Å². The lowest BCUT2D eigenvalue weighted by molar-refractivity contribution is -0.173. The van der Waals surface area contributed by atoms with Crippen LogP contribution in [0.4, 0.5) is 13.2 Å². The minimum Gasteiger partial charge on any atom is -0.348 e. The zero-order valence-corrected chi connectivity index (χ0v) is 6.45. The van der Waals surface area contributed by atoms with Crippen LogP contribution in [0.1, 0.15) is 12.8 Å². The van der Waals surface area contributed by atoms with Crippen molar-refractivity contribution in [3.05, 3.63) is 12.7 Å². The minimum absolute atomic E-state index is 0.0321. The van der Waals surface area contributed by atoms with Gasteiger partial charge in [0.15, 0.2) is 0 Å². The third-order valence-corrected chi connectivity index (χ3v) is 1.13. The van der Waals surface area contributed by atoms with Gasteiger partial charge >= 0.3 is 12.1 Å². The van der Waals surface area contributed by atoms with Crippen molar-refractivity contribution in [2.45, 2.75) is 19.0 Å². The summed E-state index contributed by atoms with van der Waals surface area (Å²) in [6.07, 6.45) is -2.11. The van der Waals surface area contributed by atoms with Crippen molar-refractivity contribution in [2.24, 2.45) is 0 Å². The second-order valence-electron chi connectivity index (χ2n) is 2.18. The summed E-state index contributed by atoms with van der Waals surface area (Å²) in [6.45, 7) is 3.42. The number of hydrogen-bond acceptors (Lipinski definition) is 1. The number of carbonyl (C=O) groups is 1. The van der Waals surface area contributed by atoms with Crippen molar-refractivity contribution in [1.82, 2.24) is 5.32 Å². The van der Waals surface area contributed by atoms with Crippen LogP contribution < -0.4 is 5.32 Å². The van der Waals surface area contributed by atoms with E-state index in [-0.39, 0.29) is 6.54 Å². The Morgan fingerprint density at radius 1 is 1.50 bits per heavy atom. The number of carbonyl (C=O) groups excluding carboxylic acids is 1. The van der Waals surface area contributed by atoms with Crippen LogP contribution in [0, 0.1) is 0 Å². The molecule has 0 aromatic heterocycles. The molecule has 0 saturated carbocycles. The third-order valence-electron chi connectivity index (χ3n) is 1.13. The number of hydrogen-bond donors (Lipinski definition) is 1. The largest absolute Gasteiger partial charge is 0.471 e. The van der Waals surface area contributed by atoms with Crippen molar-refractivity contribution in [3.63, 3.8) is 0 Å². The Morgan fingerprint density at radius 2 is 2.08 bits per heavy atom. The Bertz CT molecular complexity index is 165. The molecule has 2 nitrogen and oxygen atoms in total. The average Bonchev–Trinajstić information content (AvgIpc) is 1.96. The molecule has 0 rings (SSSR count). The number of allylic oxidation sites excluding steroid dienone is 1. The van der Waals surface area contributed by atoms with Crippen LogP contribution >= 0.6 is 0 Å². The fourth-order valence-corrected chi connectivity index (χ4v) is 0.549. The number of nitrogens with one attached hydrogen (secondary N) is 1. The predicted octanol–water partition coefficient (Wildman–Crippen LogP) is 1.63. The Kier molecular flexibility index (Phi) is 4.39. The molecule has 0 aliphatic heterocycles. The van der Waals surface area contributed by atoms with E-state index in [1.54, 1.807) is 11.4 Å². The lowest BCUT2D eigenvalue weighted by atomic mass is 10.3. The second-order valence-corrected chi connectivity index (χ2v) is 2.18. The van der Waals surface area contributed by atoms with E-state index in [1.165, 1.54) is 0 Å². The van der Waals surface area contributed by atoms with Crippen molar-refractivity contribution in [2.75, 3.05) is 6.54 Å². The summed E-state index contributed by atoms with van der Waals surface area (Å²) in [5, 5.41) is 1.75. The molecule has 0 spiro atoms. The van der Waals surface area contributed by atoms with Gasteiger partial charge in [0, 0.05) is 6.54 Å². The van der Waals surface area contributed by atoms with Gasteiger partial charge in [-0.3, -0.25) is 4.79 Å². The summed E-state index contributed by atoms with van der Waals surface area (Å²) in [5.74, 6) is -1.88. The molecule has 1 amide bonds. The molecule has 0 aliphatic carbocycles. The molecule has 0 radical (unpaired) electrons. The van der Waals surface area contributed by atoms with Crippen LogP contribution in [0.15, 0.2) is 12.7 Å². The Labute approximate surface area is 68.4 Å². The molecule has 70 valence electrons. The van der Waals surface area contributed by atoms with Crippen molar-refractivity contribution in [1.29, 1.82) is 0 Å². The van der Waals surface area contributed by atoms with Gasteiger partial charge in [0.05, 0.1) is 0 Å². The quantitative estimate of drug-likeness (QED) is 0.518. The van der Waals surface area contributed by atoms with E-state index in [1.807, 2.05) is 0 Å². The standard InChI is InChI=1S/C7H10F3NO/c1-2-3-4-5-11-6(12)7(8,9)10/h2H,1,3-5H2,(H,11,12). The van der Waals surface area contributed by atoms with E-state index >= 15 is 0 Å². The van der Waals surface area contributed by atoms with E-state index in [0.29, 0.717) is 12.8 Å². The SMILES string of the molecule is C=CCCCNC(=O)C(F)(F)F. The highest BCUT2D eigenvalue weighted by Crippen LogP contribution is 2.13. The van der Waals surface area contributed by atoms with Gasteiger partial charge < -0.3 is 5.32 Å². The Hall–Kier alpha value is -1.00. The van der Waals surface area contributed by atoms with Crippen molar-refractivity contribution < 1.29 is 18.0 Å². The molecular formula is C7H10F3NO. The molecule has 0 bridgehead atoms. The summed E-state index contributed by atoms with van der Waals surface area (Å²) in [4.78, 5) is 10.2. The van der Waals surface area contributed by atoms with E-state index in [2.05, 4.69) is 6.58 Å². The first-order valence-electron chi connectivity index (χ1n) is 3.44. The summed E-state index contributed by atoms with van der Waals surface area (Å²) >= 11 is 0. The van der Waals surface area contributed by atoms with Gasteiger partial charge in [0.25, 0.3) is 0 Å². The maximum absolute atomic E-state index is 11.5. The van der Waals surface area contributed by atoms with Crippen LogP contribution in [0.3, 0.4) is 0 Å². The highest BCUT2D eigenvalue weighted by molar-refractivity contribution is 5.81. The van der Waals surface area contributed by atoms with Crippen molar-refractivity contribution in [3.8, 4) is 0 Å². The summed E-state index contributed by atoms with van der Waals surface area (Å²) in [7, 11) is 0. The summed E-state index contributed by atoms with van der Waals surface area (Å²) < 4.78 is 34.6. The molecule has 0 atom stereocenters. The van der Waals surface area contributed by atoms with Crippen LogP contribution in [0.2, 0.25) is 0 Å². The third kappa shape index (κ3) is 4.76. The van der Waals surface area contributed by atoms with Gasteiger partial charge in [0.1, 0.15) is 0 Å². The van der Waals surface area contributed by atoms with E-state index < -0.39 is 12.1 Å². The van der Waals surface area contributed by atoms with E-state index in [9.17, 15) is 18.0 Å². The number of unbranched alkanes of at least 4 members (excludes halogenated alkanes) is 1. The smallest absolute Gasteiger partial charge is 0.348 e. The lowest BCUT2D eigenvalue weighted by Crippen LogP contribution is -2.37. The zero-order chi connectivity index (χ0) is 9.61. The molecule has 5 heteroatoms. The highest BCUT2D eigenvalue weighted by atomic mass is 19.4. The van der Waals surface area contributed by atoms with Crippen LogP contribution in [0.5, 0.6) is 0 Å². The minimum atomic E-state index is -4.77. The molecule has 0 aromatic rings. The fourth-order valence-electron chi connectivity index (χ4n) is 0.549. The number of rotatable bonds is 4. The molecule has 0 aromatic carbocycles. The molecule has 1 N–H and O–H groups in total. The normalized spacial score (nSPS) is 10.9. The van der Waals surface area contributed by atoms with Gasteiger partial charge in [-0.05, 0) is 12.8 Å². The number of halogens is 3. The predicted molar refractivity (Wildman–Crippen MR) is 38.5 cm³/mol. The first-order valence-corrected chi connectivity index (χ1v) is 3.44. The second kappa shape index (κ2) is 4.79. The van der Waals surface area contributed by atoms with Gasteiger partial charge in [-0.2, -0.15) is 13.2 Å². The molecule has 0 unspecified atom stereocenters. The lowest BCUT2D eigenvalue weighted by Gasteiger charge is -2.06. The molecule has 0 saturated heterocycles. The van der Waals surface area contributed by atoms with Crippen LogP contribution in [0.25, 0.3) is 0 Å². The molecule has 0 aliphatic rings. The molecule has 12 heavy (non-hydrogen) atoms. The number of alkyl halides is 3. The highest BCUT2D eigenvalue weighted by Gasteiger charge is 2.37. The average molecular weight is 181 g/mol. The molecule has 0 heterocycles. The Balaban J connectivity index is 3.51. The first-order chi connectivity index (χ1) is 5.48. The topological polar surface area (TPSA) is 29.1 Å². The maximum atomic E-state index is 11.5. The van der Waals surface area contributed by atoms with Gasteiger partial charge in [-0.25, -0.2) is 0 Å². The fraction of sp³-hybridized carbons (Fsp3) is 0.571. The monoisotopic (exact) mass is 181 g/mol. The van der Waals surface area contributed by atoms with Crippen LogP contribution in [-0.2, 0) is 4.79 Å². The molecular weight excluding hydrogens is 171 g/mol. The Morgan fingerprint density at radius 3 is 2.50 bits per heavy atom. The number of amides is 1. The van der Waals surface area contributed by atoms with E-state index in [0.717, 1.165) is 0 Å². The van der Waals surface area contributed by atoms with Crippen molar-refractivity contribution >= 4 is 5.91 Å². The van der Waals surface area contributed by atoms with Gasteiger partial charge in [-0.15, -0.1) is 6.58 Å². The maximum Gasteiger partial charge on any atom is 0.471 e. The first kappa shape index (κ1) is 11.0. The van der Waals surface area contributed by atoms with Crippen LogP contribution in [-0.4, -0.2) is 18.6 Å². The zero-order valence-electron chi connectivity index (χ0n) is 6.45. The van der Waals surface area contributed by atoms with Gasteiger partial charge in [-0.1, -0.05) is 6.08 Å².